The first kappa shape index (κ1) is 18.4. The van der Waals surface area contributed by atoms with Crippen LogP contribution in [0.15, 0.2) is 12.2 Å². The van der Waals surface area contributed by atoms with E-state index in [1.165, 1.54) is 44.1 Å². The topological polar surface area (TPSA) is 49.3 Å². The molecule has 0 heterocycles. The number of aliphatic hydroxyl groups is 1. The smallest absolute Gasteiger partial charge is 0.135 e. The molecular formula is C24H37NO2. The summed E-state index contributed by atoms with van der Waals surface area (Å²) in [5.41, 5.74) is 2.11. The SMILES string of the molecule is C=C1C23C(CCCC2NC)CCC2(C)C4C(C(C)=O)C(O)CC4(C)CCC123. The number of hydrogen-bond acceptors (Lipinski definition) is 3. The predicted molar refractivity (Wildman–Crippen MR) is 107 cm³/mol. The van der Waals surface area contributed by atoms with E-state index in [4.69, 9.17) is 6.58 Å². The molecule has 0 amide bonds. The van der Waals surface area contributed by atoms with Gasteiger partial charge in [0.1, 0.15) is 5.78 Å². The Hall–Kier alpha value is -0.670. The van der Waals surface area contributed by atoms with Crippen LogP contribution in [0.5, 0.6) is 0 Å². The van der Waals surface area contributed by atoms with Gasteiger partial charge >= 0.3 is 0 Å². The quantitative estimate of drug-likeness (QED) is 0.719. The van der Waals surface area contributed by atoms with Gasteiger partial charge in [0.05, 0.1) is 6.10 Å². The number of rotatable bonds is 2. The standard InChI is InChI=1S/C24H37NO2/c1-14(26)19-17(27)13-21(3)11-12-23-15(2)24(23)16(7-6-8-18(24)25-5)9-10-22(23,4)20(19)21/h16-20,25,27H,2,6-13H2,1,3-5H3. The molecule has 0 bridgehead atoms. The number of fused-ring (bicyclic) bond motifs is 2. The monoisotopic (exact) mass is 371 g/mol. The molecule has 5 rings (SSSR count). The van der Waals surface area contributed by atoms with E-state index in [9.17, 15) is 9.90 Å². The Labute approximate surface area is 164 Å². The molecule has 27 heavy (non-hydrogen) atoms. The third-order valence-electron chi connectivity index (χ3n) is 10.7. The van der Waals surface area contributed by atoms with Gasteiger partial charge in [0.2, 0.25) is 0 Å². The number of carbonyl (C=O) groups is 1. The maximum Gasteiger partial charge on any atom is 0.135 e. The van der Waals surface area contributed by atoms with Gasteiger partial charge in [-0.15, -0.1) is 0 Å². The van der Waals surface area contributed by atoms with Gasteiger partial charge in [0, 0.05) is 22.8 Å². The Kier molecular flexibility index (Phi) is 3.59. The summed E-state index contributed by atoms with van der Waals surface area (Å²) in [6, 6.07) is 0.537. The second-order valence-corrected chi connectivity index (χ2v) is 11.2. The third kappa shape index (κ3) is 1.73. The molecule has 5 aliphatic rings. The van der Waals surface area contributed by atoms with E-state index in [1.807, 2.05) is 0 Å². The van der Waals surface area contributed by atoms with Gasteiger partial charge in [-0.3, -0.25) is 4.79 Å². The molecule has 0 aromatic carbocycles. The van der Waals surface area contributed by atoms with E-state index in [0.29, 0.717) is 12.0 Å². The second kappa shape index (κ2) is 5.27. The molecule has 0 aromatic heterocycles. The molecular weight excluding hydrogens is 334 g/mol. The Bertz CT molecular complexity index is 709. The van der Waals surface area contributed by atoms with Crippen LogP contribution in [0.3, 0.4) is 0 Å². The van der Waals surface area contributed by atoms with Crippen molar-refractivity contribution in [3.63, 3.8) is 0 Å². The van der Waals surface area contributed by atoms with Crippen LogP contribution >= 0.6 is 0 Å². The van der Waals surface area contributed by atoms with Crippen molar-refractivity contribution in [2.75, 3.05) is 7.05 Å². The van der Waals surface area contributed by atoms with Gasteiger partial charge in [-0.25, -0.2) is 0 Å². The lowest BCUT2D eigenvalue weighted by Crippen LogP contribution is -2.59. The van der Waals surface area contributed by atoms with Gasteiger partial charge in [-0.2, -0.15) is 0 Å². The molecule has 0 aromatic rings. The Balaban J connectivity index is 1.67. The average Bonchev–Trinajstić information content (AvgIpc) is 3.02. The summed E-state index contributed by atoms with van der Waals surface area (Å²) >= 11 is 0. The minimum Gasteiger partial charge on any atom is -0.392 e. The number of ketones is 1. The van der Waals surface area contributed by atoms with Crippen LogP contribution in [-0.4, -0.2) is 30.1 Å². The lowest BCUT2D eigenvalue weighted by molar-refractivity contribution is -0.150. The minimum absolute atomic E-state index is 0.0911. The van der Waals surface area contributed by atoms with Gasteiger partial charge in [0.15, 0.2) is 0 Å². The van der Waals surface area contributed by atoms with E-state index >= 15 is 0 Å². The number of Topliss-reactive ketones (excluding diaryl/α,β-unsaturated/α-hetero) is 1. The first-order valence-corrected chi connectivity index (χ1v) is 11.3. The van der Waals surface area contributed by atoms with E-state index in [0.717, 1.165) is 18.8 Å². The molecule has 5 saturated carbocycles. The molecule has 5 aliphatic carbocycles. The molecule has 9 unspecified atom stereocenters. The summed E-state index contributed by atoms with van der Waals surface area (Å²) in [6.07, 6.45) is 9.07. The highest BCUT2D eigenvalue weighted by Crippen LogP contribution is 2.91. The summed E-state index contributed by atoms with van der Waals surface area (Å²) in [4.78, 5) is 12.7. The van der Waals surface area contributed by atoms with Crippen molar-refractivity contribution in [1.82, 2.24) is 5.32 Å². The van der Waals surface area contributed by atoms with Crippen molar-refractivity contribution in [2.45, 2.75) is 84.3 Å². The number of hydrogen-bond donors (Lipinski definition) is 2. The zero-order valence-corrected chi connectivity index (χ0v) is 17.6. The highest BCUT2D eigenvalue weighted by molar-refractivity contribution is 5.80. The van der Waals surface area contributed by atoms with Gasteiger partial charge in [-0.1, -0.05) is 32.4 Å². The predicted octanol–water partition coefficient (Wildman–Crippen LogP) is 4.10. The van der Waals surface area contributed by atoms with Crippen LogP contribution in [0, 0.1) is 39.4 Å². The first-order valence-electron chi connectivity index (χ1n) is 11.3. The summed E-state index contributed by atoms with van der Waals surface area (Å²) in [5, 5.41) is 14.6. The molecule has 2 spiro atoms. The Morgan fingerprint density at radius 1 is 1.19 bits per heavy atom. The summed E-state index contributed by atoms with van der Waals surface area (Å²) in [6.45, 7) is 11.3. The third-order valence-corrected chi connectivity index (χ3v) is 10.7. The van der Waals surface area contributed by atoms with Crippen molar-refractivity contribution in [2.24, 2.45) is 39.4 Å². The summed E-state index contributed by atoms with van der Waals surface area (Å²) in [5.74, 6) is 1.07. The molecule has 0 saturated heterocycles. The lowest BCUT2D eigenvalue weighted by atomic mass is 9.42. The molecule has 2 N–H and O–H groups in total. The molecule has 0 aliphatic heterocycles. The second-order valence-electron chi connectivity index (χ2n) is 11.2. The Morgan fingerprint density at radius 3 is 2.59 bits per heavy atom. The molecule has 5 fully saturated rings. The van der Waals surface area contributed by atoms with Crippen LogP contribution in [-0.2, 0) is 4.79 Å². The van der Waals surface area contributed by atoms with E-state index in [2.05, 4.69) is 26.2 Å². The zero-order chi connectivity index (χ0) is 19.4. The van der Waals surface area contributed by atoms with E-state index in [1.54, 1.807) is 6.92 Å². The largest absolute Gasteiger partial charge is 0.392 e. The van der Waals surface area contributed by atoms with Crippen molar-refractivity contribution in [3.05, 3.63) is 12.2 Å². The first-order chi connectivity index (χ1) is 12.7. The fourth-order valence-corrected chi connectivity index (χ4v) is 10.1. The molecule has 9 atom stereocenters. The normalized spacial score (nSPS) is 58.7. The lowest BCUT2D eigenvalue weighted by Gasteiger charge is -2.62. The van der Waals surface area contributed by atoms with Crippen molar-refractivity contribution in [3.8, 4) is 0 Å². The maximum atomic E-state index is 12.7. The van der Waals surface area contributed by atoms with Gasteiger partial charge in [-0.05, 0) is 81.6 Å². The number of nitrogens with one attached hydrogen (secondary N) is 1. The summed E-state index contributed by atoms with van der Waals surface area (Å²) in [7, 11) is 2.14. The van der Waals surface area contributed by atoms with Gasteiger partial charge < -0.3 is 10.4 Å². The summed E-state index contributed by atoms with van der Waals surface area (Å²) < 4.78 is 0. The minimum atomic E-state index is -0.461. The molecule has 0 radical (unpaired) electrons. The maximum absolute atomic E-state index is 12.7. The van der Waals surface area contributed by atoms with Crippen LogP contribution < -0.4 is 5.32 Å². The number of aliphatic hydroxyl groups excluding tert-OH is 1. The van der Waals surface area contributed by atoms with E-state index < -0.39 is 6.10 Å². The fraction of sp³-hybridized carbons (Fsp3) is 0.875. The van der Waals surface area contributed by atoms with Crippen LogP contribution in [0.2, 0.25) is 0 Å². The Morgan fingerprint density at radius 2 is 1.93 bits per heavy atom. The fourth-order valence-electron chi connectivity index (χ4n) is 10.1. The highest BCUT2D eigenvalue weighted by atomic mass is 16.3. The van der Waals surface area contributed by atoms with Crippen LogP contribution in [0.4, 0.5) is 0 Å². The molecule has 3 heteroatoms. The average molecular weight is 372 g/mol. The number of carbonyl (C=O) groups excluding carboxylic acids is 1. The van der Waals surface area contributed by atoms with Crippen LogP contribution in [0.1, 0.15) is 72.1 Å². The molecule has 3 nitrogen and oxygen atoms in total. The zero-order valence-electron chi connectivity index (χ0n) is 17.6. The molecule has 150 valence electrons. The van der Waals surface area contributed by atoms with Crippen molar-refractivity contribution < 1.29 is 9.90 Å². The van der Waals surface area contributed by atoms with Crippen molar-refractivity contribution in [1.29, 1.82) is 0 Å². The highest BCUT2D eigenvalue weighted by Gasteiger charge is 2.86. The van der Waals surface area contributed by atoms with Crippen molar-refractivity contribution >= 4 is 5.78 Å². The van der Waals surface area contributed by atoms with Crippen LogP contribution in [0.25, 0.3) is 0 Å². The van der Waals surface area contributed by atoms with E-state index in [-0.39, 0.29) is 33.4 Å². The van der Waals surface area contributed by atoms with Gasteiger partial charge in [0.25, 0.3) is 0 Å².